The zero-order valence-electron chi connectivity index (χ0n) is 10.2. The number of ether oxygens (including phenoxy) is 1. The normalized spacial score (nSPS) is 16.4. The molecule has 1 aromatic carbocycles. The first-order valence-electron chi connectivity index (χ1n) is 5.93. The number of hydrogen-bond donors (Lipinski definition) is 0. The van der Waals surface area contributed by atoms with Crippen molar-refractivity contribution in [3.8, 4) is 0 Å². The van der Waals surface area contributed by atoms with Gasteiger partial charge in [0, 0.05) is 15.7 Å². The van der Waals surface area contributed by atoms with Crippen molar-refractivity contribution in [1.29, 1.82) is 0 Å². The summed E-state index contributed by atoms with van der Waals surface area (Å²) in [6.45, 7) is 0. The van der Waals surface area contributed by atoms with E-state index in [1.54, 1.807) is 0 Å². The van der Waals surface area contributed by atoms with Crippen molar-refractivity contribution < 1.29 is 22.3 Å². The van der Waals surface area contributed by atoms with Gasteiger partial charge in [0.25, 0.3) is 9.05 Å². The molecule has 1 aliphatic rings. The summed E-state index contributed by atoms with van der Waals surface area (Å²) in [5, 5.41) is -0.107. The molecule has 0 spiro atoms. The maximum absolute atomic E-state index is 14.0. The van der Waals surface area contributed by atoms with Gasteiger partial charge in [0.1, 0.15) is 11.0 Å². The van der Waals surface area contributed by atoms with Crippen LogP contribution < -0.4 is 0 Å². The van der Waals surface area contributed by atoms with Crippen LogP contribution in [0.15, 0.2) is 17.0 Å². The van der Waals surface area contributed by atoms with Crippen LogP contribution in [0.25, 0.3) is 0 Å². The van der Waals surface area contributed by atoms with E-state index in [-0.39, 0.29) is 11.1 Å². The third kappa shape index (κ3) is 3.42. The molecule has 1 saturated carbocycles. The first-order chi connectivity index (χ1) is 9.29. The first-order valence-corrected chi connectivity index (χ1v) is 8.62. The second kappa shape index (κ2) is 5.87. The highest BCUT2D eigenvalue weighted by molar-refractivity contribution is 8.13. The highest BCUT2D eigenvalue weighted by atomic mass is 35.7. The largest absolute Gasteiger partial charge is 0.459 e. The molecule has 0 bridgehead atoms. The van der Waals surface area contributed by atoms with Gasteiger partial charge in [-0.3, -0.25) is 0 Å². The van der Waals surface area contributed by atoms with Crippen LogP contribution >= 0.6 is 22.3 Å². The highest BCUT2D eigenvalue weighted by Crippen LogP contribution is 2.28. The average Bonchev–Trinajstić information content (AvgIpc) is 2.83. The van der Waals surface area contributed by atoms with E-state index in [2.05, 4.69) is 0 Å². The summed E-state index contributed by atoms with van der Waals surface area (Å²) < 4.78 is 41.7. The molecule has 4 nitrogen and oxygen atoms in total. The molecule has 8 heteroatoms. The van der Waals surface area contributed by atoms with Gasteiger partial charge in [0.05, 0.1) is 5.56 Å². The van der Waals surface area contributed by atoms with E-state index < -0.39 is 31.3 Å². The van der Waals surface area contributed by atoms with Crippen molar-refractivity contribution in [2.24, 2.45) is 0 Å². The van der Waals surface area contributed by atoms with Crippen molar-refractivity contribution in [3.63, 3.8) is 0 Å². The van der Waals surface area contributed by atoms with Crippen LogP contribution in [0.4, 0.5) is 4.39 Å². The zero-order chi connectivity index (χ0) is 14.9. The fraction of sp³-hybridized carbons (Fsp3) is 0.417. The SMILES string of the molecule is O=C(OC1CCCC1)c1cc(Cl)cc(S(=O)(=O)Cl)c1F. The van der Waals surface area contributed by atoms with Crippen LogP contribution in [0.1, 0.15) is 36.0 Å². The quantitative estimate of drug-likeness (QED) is 0.624. The molecular formula is C12H11Cl2FO4S. The molecule has 2 rings (SSSR count). The van der Waals surface area contributed by atoms with E-state index in [0.29, 0.717) is 12.8 Å². The van der Waals surface area contributed by atoms with Crippen LogP contribution in [0.3, 0.4) is 0 Å². The van der Waals surface area contributed by atoms with Gasteiger partial charge in [-0.25, -0.2) is 17.6 Å². The van der Waals surface area contributed by atoms with E-state index in [0.717, 1.165) is 25.0 Å². The molecule has 0 aromatic heterocycles. The lowest BCUT2D eigenvalue weighted by molar-refractivity contribution is 0.0312. The minimum absolute atomic E-state index is 0.107. The molecule has 0 N–H and O–H groups in total. The molecule has 0 aliphatic heterocycles. The molecule has 20 heavy (non-hydrogen) atoms. The lowest BCUT2D eigenvalue weighted by Crippen LogP contribution is -2.17. The van der Waals surface area contributed by atoms with Crippen molar-refractivity contribution in [2.75, 3.05) is 0 Å². The van der Waals surface area contributed by atoms with E-state index >= 15 is 0 Å². The Kier molecular flexibility index (Phi) is 4.56. The van der Waals surface area contributed by atoms with Gasteiger partial charge >= 0.3 is 5.97 Å². The average molecular weight is 341 g/mol. The Morgan fingerprint density at radius 1 is 1.30 bits per heavy atom. The van der Waals surface area contributed by atoms with Crippen LogP contribution in [0.5, 0.6) is 0 Å². The maximum atomic E-state index is 14.0. The standard InChI is InChI=1S/C12H11Cl2FO4S/c13-7-5-9(11(15)10(6-7)20(14,17)18)12(16)19-8-3-1-2-4-8/h5-6,8H,1-4H2. The molecule has 0 heterocycles. The molecule has 0 amide bonds. The van der Waals surface area contributed by atoms with E-state index in [1.165, 1.54) is 0 Å². The lowest BCUT2D eigenvalue weighted by Gasteiger charge is -2.12. The number of halogens is 3. The van der Waals surface area contributed by atoms with Crippen molar-refractivity contribution in [2.45, 2.75) is 36.7 Å². The number of benzene rings is 1. The number of hydrogen-bond acceptors (Lipinski definition) is 4. The first kappa shape index (κ1) is 15.5. The summed E-state index contributed by atoms with van der Waals surface area (Å²) in [7, 11) is 0.770. The molecule has 0 radical (unpaired) electrons. The van der Waals surface area contributed by atoms with Gasteiger partial charge in [-0.2, -0.15) is 0 Å². The Bertz CT molecular complexity index is 639. The monoisotopic (exact) mass is 340 g/mol. The topological polar surface area (TPSA) is 60.4 Å². The molecule has 1 fully saturated rings. The van der Waals surface area contributed by atoms with Crippen molar-refractivity contribution >= 4 is 37.3 Å². The number of rotatable bonds is 3. The Hall–Kier alpha value is -0.850. The van der Waals surface area contributed by atoms with Gasteiger partial charge in [-0.1, -0.05) is 11.6 Å². The van der Waals surface area contributed by atoms with Gasteiger partial charge < -0.3 is 4.74 Å². The molecule has 0 atom stereocenters. The third-order valence-corrected chi connectivity index (χ3v) is 4.60. The van der Waals surface area contributed by atoms with E-state index in [4.69, 9.17) is 27.0 Å². The predicted molar refractivity (Wildman–Crippen MR) is 72.1 cm³/mol. The minimum Gasteiger partial charge on any atom is -0.459 e. The van der Waals surface area contributed by atoms with Crippen molar-refractivity contribution in [3.05, 3.63) is 28.5 Å². The molecule has 110 valence electrons. The maximum Gasteiger partial charge on any atom is 0.341 e. The Labute approximate surface area is 125 Å². The van der Waals surface area contributed by atoms with Gasteiger partial charge in [-0.15, -0.1) is 0 Å². The van der Waals surface area contributed by atoms with E-state index in [1.807, 2.05) is 0 Å². The lowest BCUT2D eigenvalue weighted by atomic mass is 10.2. The Balaban J connectivity index is 2.36. The third-order valence-electron chi connectivity index (χ3n) is 3.06. The smallest absolute Gasteiger partial charge is 0.341 e. The second-order valence-electron chi connectivity index (χ2n) is 4.52. The summed E-state index contributed by atoms with van der Waals surface area (Å²) in [6, 6.07) is 1.88. The number of carbonyl (C=O) groups excluding carboxylic acids is 1. The summed E-state index contributed by atoms with van der Waals surface area (Å²) in [5.41, 5.74) is -0.524. The summed E-state index contributed by atoms with van der Waals surface area (Å²) in [6.07, 6.45) is 3.05. The molecular weight excluding hydrogens is 330 g/mol. The number of esters is 1. The second-order valence-corrected chi connectivity index (χ2v) is 7.49. The van der Waals surface area contributed by atoms with Crippen LogP contribution in [0.2, 0.25) is 5.02 Å². The van der Waals surface area contributed by atoms with E-state index in [9.17, 15) is 17.6 Å². The fourth-order valence-electron chi connectivity index (χ4n) is 2.11. The molecule has 1 aromatic rings. The van der Waals surface area contributed by atoms with Crippen molar-refractivity contribution in [1.82, 2.24) is 0 Å². The predicted octanol–water partition coefficient (Wildman–Crippen LogP) is 3.51. The Morgan fingerprint density at radius 2 is 1.90 bits per heavy atom. The Morgan fingerprint density at radius 3 is 2.45 bits per heavy atom. The number of carbonyl (C=O) groups is 1. The summed E-state index contributed by atoms with van der Waals surface area (Å²) in [4.78, 5) is 11.1. The summed E-state index contributed by atoms with van der Waals surface area (Å²) in [5.74, 6) is -2.18. The minimum atomic E-state index is -4.33. The van der Waals surface area contributed by atoms with Crippen LogP contribution in [0, 0.1) is 5.82 Å². The molecule has 0 saturated heterocycles. The fourth-order valence-corrected chi connectivity index (χ4v) is 3.32. The van der Waals surface area contributed by atoms with Crippen LogP contribution in [-0.2, 0) is 13.8 Å². The zero-order valence-corrected chi connectivity index (χ0v) is 12.6. The van der Waals surface area contributed by atoms with Crippen LogP contribution in [-0.4, -0.2) is 20.5 Å². The molecule has 0 unspecified atom stereocenters. The van der Waals surface area contributed by atoms with Gasteiger partial charge in [0.2, 0.25) is 0 Å². The highest BCUT2D eigenvalue weighted by Gasteiger charge is 2.27. The van der Waals surface area contributed by atoms with Gasteiger partial charge in [0.15, 0.2) is 5.82 Å². The van der Waals surface area contributed by atoms with Gasteiger partial charge in [-0.05, 0) is 37.8 Å². The molecule has 1 aliphatic carbocycles. The summed E-state index contributed by atoms with van der Waals surface area (Å²) >= 11 is 5.69.